The van der Waals surface area contributed by atoms with E-state index in [9.17, 15) is 0 Å². The van der Waals surface area contributed by atoms with Gasteiger partial charge in [-0.15, -0.1) is 0 Å². The van der Waals surface area contributed by atoms with Gasteiger partial charge in [0.25, 0.3) is 0 Å². The van der Waals surface area contributed by atoms with Crippen LogP contribution in [0.15, 0.2) is 12.1 Å². The van der Waals surface area contributed by atoms with Crippen LogP contribution < -0.4 is 10.6 Å². The molecule has 0 spiro atoms. The van der Waals surface area contributed by atoms with Crippen LogP contribution >= 0.6 is 0 Å². The van der Waals surface area contributed by atoms with E-state index in [-0.39, 0.29) is 0 Å². The quantitative estimate of drug-likeness (QED) is 0.853. The van der Waals surface area contributed by atoms with E-state index in [1.165, 1.54) is 48.1 Å². The third kappa shape index (κ3) is 2.93. The summed E-state index contributed by atoms with van der Waals surface area (Å²) in [6.07, 6.45) is 3.84. The Balaban J connectivity index is 2.18. The number of nitrogens with one attached hydrogen (secondary N) is 2. The van der Waals surface area contributed by atoms with Crippen molar-refractivity contribution in [3.8, 4) is 0 Å². The molecule has 1 saturated heterocycles. The third-order valence-corrected chi connectivity index (χ3v) is 4.29. The van der Waals surface area contributed by atoms with Crippen molar-refractivity contribution in [2.45, 2.75) is 52.1 Å². The molecule has 2 heteroatoms. The van der Waals surface area contributed by atoms with Crippen LogP contribution in [0.25, 0.3) is 0 Å². The predicted octanol–water partition coefficient (Wildman–Crippen LogP) is 3.01. The Bertz CT molecular complexity index is 406. The minimum Gasteiger partial charge on any atom is -0.314 e. The Hall–Kier alpha value is -0.860. The van der Waals surface area contributed by atoms with Gasteiger partial charge in [0, 0.05) is 12.1 Å². The van der Waals surface area contributed by atoms with Crippen molar-refractivity contribution < 1.29 is 0 Å². The fourth-order valence-corrected chi connectivity index (χ4v) is 3.00. The van der Waals surface area contributed by atoms with E-state index >= 15 is 0 Å². The molecular weight excluding hydrogens is 220 g/mol. The first-order chi connectivity index (χ1) is 8.61. The van der Waals surface area contributed by atoms with Crippen molar-refractivity contribution in [2.75, 3.05) is 13.6 Å². The molecule has 0 amide bonds. The summed E-state index contributed by atoms with van der Waals surface area (Å²) in [4.78, 5) is 0. The van der Waals surface area contributed by atoms with Gasteiger partial charge in [0.05, 0.1) is 0 Å². The molecule has 2 unspecified atom stereocenters. The predicted molar refractivity (Wildman–Crippen MR) is 78.1 cm³/mol. The molecule has 2 N–H and O–H groups in total. The van der Waals surface area contributed by atoms with E-state index in [0.717, 1.165) is 0 Å². The van der Waals surface area contributed by atoms with Gasteiger partial charge in [-0.2, -0.15) is 0 Å². The molecule has 2 atom stereocenters. The van der Waals surface area contributed by atoms with Crippen LogP contribution in [0.1, 0.15) is 47.6 Å². The van der Waals surface area contributed by atoms with Gasteiger partial charge in [0.15, 0.2) is 0 Å². The van der Waals surface area contributed by atoms with Gasteiger partial charge in [-0.25, -0.2) is 0 Å². The molecule has 18 heavy (non-hydrogen) atoms. The van der Waals surface area contributed by atoms with Crippen LogP contribution in [0.3, 0.4) is 0 Å². The van der Waals surface area contributed by atoms with Crippen LogP contribution in [0.2, 0.25) is 0 Å². The molecular formula is C16H26N2. The van der Waals surface area contributed by atoms with E-state index in [4.69, 9.17) is 0 Å². The maximum atomic E-state index is 3.60. The van der Waals surface area contributed by atoms with Crippen molar-refractivity contribution in [1.29, 1.82) is 0 Å². The van der Waals surface area contributed by atoms with Gasteiger partial charge in [0.2, 0.25) is 0 Å². The number of aryl methyl sites for hydroxylation is 3. The normalized spacial score (nSPS) is 21.2. The maximum absolute atomic E-state index is 3.60. The lowest BCUT2D eigenvalue weighted by Crippen LogP contribution is -2.29. The summed E-state index contributed by atoms with van der Waals surface area (Å²) >= 11 is 0. The Morgan fingerprint density at radius 3 is 2.56 bits per heavy atom. The first kappa shape index (κ1) is 13.6. The molecule has 100 valence electrons. The summed E-state index contributed by atoms with van der Waals surface area (Å²) in [6.45, 7) is 7.82. The molecule has 2 rings (SSSR count). The lowest BCUT2D eigenvalue weighted by atomic mass is 9.92. The summed E-state index contributed by atoms with van der Waals surface area (Å²) in [5, 5.41) is 7.09. The molecule has 0 aromatic heterocycles. The average molecular weight is 246 g/mol. The SMILES string of the molecule is CNC(CC1CCCN1)c1cc(C)c(C)cc1C. The minimum atomic E-state index is 0.472. The topological polar surface area (TPSA) is 24.1 Å². The molecule has 1 heterocycles. The monoisotopic (exact) mass is 246 g/mol. The Kier molecular flexibility index (Phi) is 4.41. The fraction of sp³-hybridized carbons (Fsp3) is 0.625. The maximum Gasteiger partial charge on any atom is 0.0335 e. The van der Waals surface area contributed by atoms with E-state index in [1.807, 2.05) is 0 Å². The minimum absolute atomic E-state index is 0.472. The summed E-state index contributed by atoms with van der Waals surface area (Å²) in [7, 11) is 2.08. The van der Waals surface area contributed by atoms with Gasteiger partial charge in [-0.1, -0.05) is 12.1 Å². The number of benzene rings is 1. The summed E-state index contributed by atoms with van der Waals surface area (Å²) in [5.41, 5.74) is 5.67. The molecule has 0 saturated carbocycles. The van der Waals surface area contributed by atoms with E-state index in [2.05, 4.69) is 50.6 Å². The summed E-state index contributed by atoms with van der Waals surface area (Å²) in [6, 6.07) is 5.83. The number of hydrogen-bond acceptors (Lipinski definition) is 2. The van der Waals surface area contributed by atoms with Crippen LogP contribution in [-0.2, 0) is 0 Å². The Labute approximate surface area is 111 Å². The highest BCUT2D eigenvalue weighted by Gasteiger charge is 2.21. The van der Waals surface area contributed by atoms with Gasteiger partial charge in [0.1, 0.15) is 0 Å². The van der Waals surface area contributed by atoms with Crippen LogP contribution in [0.5, 0.6) is 0 Å². The molecule has 1 aliphatic heterocycles. The zero-order valence-electron chi connectivity index (χ0n) is 12.1. The molecule has 1 aliphatic rings. The largest absolute Gasteiger partial charge is 0.314 e. The highest BCUT2D eigenvalue weighted by Crippen LogP contribution is 2.26. The lowest BCUT2D eigenvalue weighted by Gasteiger charge is -2.23. The second kappa shape index (κ2) is 5.85. The van der Waals surface area contributed by atoms with Crippen molar-refractivity contribution in [2.24, 2.45) is 0 Å². The standard InChI is InChI=1S/C16H26N2/c1-11-8-13(3)15(9-12(11)2)16(17-4)10-14-6-5-7-18-14/h8-9,14,16-18H,5-7,10H2,1-4H3. The Morgan fingerprint density at radius 2 is 1.94 bits per heavy atom. The van der Waals surface area contributed by atoms with E-state index in [1.54, 1.807) is 0 Å². The molecule has 0 aliphatic carbocycles. The average Bonchev–Trinajstić information content (AvgIpc) is 2.84. The summed E-state index contributed by atoms with van der Waals surface area (Å²) in [5.74, 6) is 0. The highest BCUT2D eigenvalue weighted by molar-refractivity contribution is 5.38. The third-order valence-electron chi connectivity index (χ3n) is 4.29. The van der Waals surface area contributed by atoms with Gasteiger partial charge in [-0.05, 0) is 75.9 Å². The highest BCUT2D eigenvalue weighted by atomic mass is 15.0. The first-order valence-electron chi connectivity index (χ1n) is 7.10. The molecule has 0 radical (unpaired) electrons. The van der Waals surface area contributed by atoms with E-state index in [0.29, 0.717) is 12.1 Å². The molecule has 1 aromatic rings. The molecule has 1 aromatic carbocycles. The molecule has 0 bridgehead atoms. The van der Waals surface area contributed by atoms with Gasteiger partial charge >= 0.3 is 0 Å². The van der Waals surface area contributed by atoms with Gasteiger partial charge < -0.3 is 10.6 Å². The second-order valence-electron chi connectivity index (χ2n) is 5.66. The zero-order valence-corrected chi connectivity index (χ0v) is 12.1. The summed E-state index contributed by atoms with van der Waals surface area (Å²) < 4.78 is 0. The molecule has 2 nitrogen and oxygen atoms in total. The lowest BCUT2D eigenvalue weighted by molar-refractivity contribution is 0.452. The Morgan fingerprint density at radius 1 is 1.22 bits per heavy atom. The molecule has 1 fully saturated rings. The smallest absolute Gasteiger partial charge is 0.0335 e. The van der Waals surface area contributed by atoms with Crippen LogP contribution in [0.4, 0.5) is 0 Å². The number of hydrogen-bond donors (Lipinski definition) is 2. The number of rotatable bonds is 4. The fourth-order valence-electron chi connectivity index (χ4n) is 3.00. The van der Waals surface area contributed by atoms with Crippen molar-refractivity contribution >= 4 is 0 Å². The van der Waals surface area contributed by atoms with Crippen molar-refractivity contribution in [3.63, 3.8) is 0 Å². The van der Waals surface area contributed by atoms with Crippen LogP contribution in [0, 0.1) is 20.8 Å². The van der Waals surface area contributed by atoms with E-state index < -0.39 is 0 Å². The van der Waals surface area contributed by atoms with Crippen molar-refractivity contribution in [1.82, 2.24) is 10.6 Å². The van der Waals surface area contributed by atoms with Gasteiger partial charge in [-0.3, -0.25) is 0 Å². The zero-order chi connectivity index (χ0) is 13.1. The second-order valence-corrected chi connectivity index (χ2v) is 5.66. The van der Waals surface area contributed by atoms with Crippen LogP contribution in [-0.4, -0.2) is 19.6 Å². The van der Waals surface area contributed by atoms with Crippen molar-refractivity contribution in [3.05, 3.63) is 34.4 Å². The first-order valence-corrected chi connectivity index (χ1v) is 7.10.